The second-order valence-corrected chi connectivity index (χ2v) is 8.69. The number of aliphatic hydroxyl groups excluding tert-OH is 2. The number of phenolic OH excluding ortho intramolecular Hbond substituents is 2. The Balaban J connectivity index is 1.79. The Bertz CT molecular complexity index is 895. The first kappa shape index (κ1) is 27.3. The molecule has 0 aromatic heterocycles. The number of hydrogen-bond donors (Lipinski definition) is 4. The van der Waals surface area contributed by atoms with Gasteiger partial charge in [-0.05, 0) is 43.5 Å². The number of nitroso groups, excluding NO2 is 1. The minimum Gasteiger partial charge on any atom is -0.504 e. The lowest BCUT2D eigenvalue weighted by Gasteiger charge is -2.35. The van der Waals surface area contributed by atoms with Crippen molar-refractivity contribution in [1.82, 2.24) is 4.90 Å². The maximum absolute atomic E-state index is 10.9. The molecule has 1 aliphatic rings. The minimum absolute atomic E-state index is 0.0112. The fraction of sp³-hybridized carbons (Fsp3) is 0.462. The van der Waals surface area contributed by atoms with Crippen LogP contribution in [-0.4, -0.2) is 69.4 Å². The Labute approximate surface area is 201 Å². The third-order valence-corrected chi connectivity index (χ3v) is 5.84. The number of ether oxygens (including phenoxy) is 1. The number of rotatable bonds is 12. The first-order chi connectivity index (χ1) is 16.2. The monoisotopic (exact) mass is 472 g/mol. The second kappa shape index (κ2) is 13.7. The van der Waals surface area contributed by atoms with Gasteiger partial charge in [0.25, 0.3) is 0 Å². The highest BCUT2D eigenvalue weighted by Gasteiger charge is 2.31. The Morgan fingerprint density at radius 3 is 2.62 bits per heavy atom. The zero-order chi connectivity index (χ0) is 25.1. The molecule has 4 N–H and O–H groups in total. The van der Waals surface area contributed by atoms with Gasteiger partial charge in [0.2, 0.25) is 0 Å². The Hall–Kier alpha value is -2.94. The van der Waals surface area contributed by atoms with E-state index in [0.717, 1.165) is 30.6 Å². The average Bonchev–Trinajstić information content (AvgIpc) is 2.82. The van der Waals surface area contributed by atoms with Crippen LogP contribution in [0, 0.1) is 10.8 Å². The standard InChI is InChI=1S/C26H36N2O6/c1-18(26(32)25(27-33)20(3)29)17-34-22-11-8-14-28(16-22)19(2)9-6-4-5-7-10-21-12-13-23(30)24(31)15-21/h4-7,9-10,12-13,15,18,20,22,25-26,29-32H,2,8,11,14,16-17H2,1,3H3/b5-4+,9-6+,10-7+. The van der Waals surface area contributed by atoms with Crippen LogP contribution in [0.2, 0.25) is 0 Å². The van der Waals surface area contributed by atoms with Crippen molar-refractivity contribution < 1.29 is 25.2 Å². The highest BCUT2D eigenvalue weighted by atomic mass is 16.5. The molecular weight excluding hydrogens is 436 g/mol. The Morgan fingerprint density at radius 1 is 1.21 bits per heavy atom. The molecule has 34 heavy (non-hydrogen) atoms. The molecule has 5 unspecified atom stereocenters. The van der Waals surface area contributed by atoms with E-state index in [4.69, 9.17) is 4.74 Å². The molecule has 0 amide bonds. The molecule has 1 heterocycles. The fourth-order valence-electron chi connectivity index (χ4n) is 3.71. The Morgan fingerprint density at radius 2 is 1.94 bits per heavy atom. The smallest absolute Gasteiger partial charge is 0.157 e. The lowest BCUT2D eigenvalue weighted by atomic mass is 9.96. The molecule has 0 aliphatic carbocycles. The van der Waals surface area contributed by atoms with Crippen LogP contribution < -0.4 is 0 Å². The normalized spacial score (nSPS) is 20.6. The van der Waals surface area contributed by atoms with E-state index in [1.165, 1.54) is 19.1 Å². The van der Waals surface area contributed by atoms with Crippen molar-refractivity contribution >= 4 is 6.08 Å². The van der Waals surface area contributed by atoms with Crippen molar-refractivity contribution in [2.24, 2.45) is 11.1 Å². The van der Waals surface area contributed by atoms with Crippen LogP contribution >= 0.6 is 0 Å². The van der Waals surface area contributed by atoms with Gasteiger partial charge in [-0.2, -0.15) is 4.91 Å². The van der Waals surface area contributed by atoms with Gasteiger partial charge in [-0.1, -0.05) is 55.1 Å². The third-order valence-electron chi connectivity index (χ3n) is 5.84. The zero-order valence-electron chi connectivity index (χ0n) is 19.8. The molecule has 5 atom stereocenters. The van der Waals surface area contributed by atoms with Gasteiger partial charge in [0.05, 0.1) is 24.9 Å². The van der Waals surface area contributed by atoms with Crippen LogP contribution in [0.3, 0.4) is 0 Å². The maximum Gasteiger partial charge on any atom is 0.157 e. The van der Waals surface area contributed by atoms with E-state index < -0.39 is 18.2 Å². The van der Waals surface area contributed by atoms with Crippen LogP contribution in [-0.2, 0) is 4.74 Å². The van der Waals surface area contributed by atoms with Gasteiger partial charge >= 0.3 is 0 Å². The van der Waals surface area contributed by atoms with E-state index in [9.17, 15) is 25.3 Å². The molecule has 1 aromatic rings. The summed E-state index contributed by atoms with van der Waals surface area (Å²) >= 11 is 0. The summed E-state index contributed by atoms with van der Waals surface area (Å²) in [7, 11) is 0. The van der Waals surface area contributed by atoms with Crippen LogP contribution in [0.5, 0.6) is 11.5 Å². The van der Waals surface area contributed by atoms with Crippen molar-refractivity contribution in [3.8, 4) is 11.5 Å². The van der Waals surface area contributed by atoms with E-state index in [-0.39, 0.29) is 30.1 Å². The Kier molecular flexibility index (Phi) is 11.0. The minimum atomic E-state index is -1.07. The number of aromatic hydroxyl groups is 2. The van der Waals surface area contributed by atoms with Gasteiger partial charge < -0.3 is 30.1 Å². The van der Waals surface area contributed by atoms with Crippen molar-refractivity contribution in [1.29, 1.82) is 0 Å². The lowest BCUT2D eigenvalue weighted by Crippen LogP contribution is -2.42. The van der Waals surface area contributed by atoms with Crippen molar-refractivity contribution in [2.45, 2.75) is 51.0 Å². The number of piperidine rings is 1. The summed E-state index contributed by atoms with van der Waals surface area (Å²) < 4.78 is 5.99. The zero-order valence-corrected chi connectivity index (χ0v) is 19.8. The van der Waals surface area contributed by atoms with Crippen molar-refractivity contribution in [2.75, 3.05) is 19.7 Å². The number of hydrogen-bond acceptors (Lipinski definition) is 8. The van der Waals surface area contributed by atoms with Crippen LogP contribution in [0.1, 0.15) is 32.3 Å². The molecule has 1 aromatic carbocycles. The molecule has 1 aliphatic heterocycles. The molecule has 186 valence electrons. The maximum atomic E-state index is 10.9. The molecule has 0 saturated carbocycles. The van der Waals surface area contributed by atoms with Gasteiger partial charge in [-0.25, -0.2) is 0 Å². The van der Waals surface area contributed by atoms with Gasteiger partial charge in [0, 0.05) is 24.7 Å². The highest BCUT2D eigenvalue weighted by Crippen LogP contribution is 2.25. The molecule has 0 spiro atoms. The molecule has 1 fully saturated rings. The van der Waals surface area contributed by atoms with Gasteiger partial charge in [-0.3, -0.25) is 0 Å². The van der Waals surface area contributed by atoms with Crippen molar-refractivity contribution in [3.05, 3.63) is 71.3 Å². The summed E-state index contributed by atoms with van der Waals surface area (Å²) in [6.45, 7) is 9.20. The number of likely N-dealkylation sites (tertiary alicyclic amines) is 1. The summed E-state index contributed by atoms with van der Waals surface area (Å²) in [5.74, 6) is -0.634. The van der Waals surface area contributed by atoms with E-state index in [0.29, 0.717) is 6.54 Å². The molecule has 2 rings (SSSR count). The highest BCUT2D eigenvalue weighted by molar-refractivity contribution is 5.56. The van der Waals surface area contributed by atoms with Crippen LogP contribution in [0.25, 0.3) is 6.08 Å². The van der Waals surface area contributed by atoms with E-state index >= 15 is 0 Å². The molecule has 0 radical (unpaired) electrons. The number of phenols is 2. The molecular formula is C26H36N2O6. The van der Waals surface area contributed by atoms with Crippen LogP contribution in [0.4, 0.5) is 0 Å². The van der Waals surface area contributed by atoms with Crippen LogP contribution in [0.15, 0.2) is 66.0 Å². The van der Waals surface area contributed by atoms with Gasteiger partial charge in [0.1, 0.15) is 6.04 Å². The number of allylic oxidation sites excluding steroid dienone is 5. The average molecular weight is 473 g/mol. The fourth-order valence-corrected chi connectivity index (χ4v) is 3.71. The molecule has 0 bridgehead atoms. The number of aliphatic hydroxyl groups is 2. The predicted octanol–water partition coefficient (Wildman–Crippen LogP) is 3.73. The third kappa shape index (κ3) is 8.44. The quantitative estimate of drug-likeness (QED) is 0.208. The lowest BCUT2D eigenvalue weighted by molar-refractivity contribution is -0.0434. The summed E-state index contributed by atoms with van der Waals surface area (Å²) in [5, 5.41) is 41.5. The van der Waals surface area contributed by atoms with Gasteiger partial charge in [-0.15, -0.1) is 0 Å². The van der Waals surface area contributed by atoms with E-state index in [1.54, 1.807) is 13.0 Å². The summed E-state index contributed by atoms with van der Waals surface area (Å²) in [6, 6.07) is 3.56. The van der Waals surface area contributed by atoms with E-state index in [2.05, 4.69) is 16.7 Å². The number of nitrogens with zero attached hydrogens (tertiary/aromatic N) is 2. The molecule has 8 heteroatoms. The summed E-state index contributed by atoms with van der Waals surface area (Å²) in [4.78, 5) is 13.0. The molecule has 8 nitrogen and oxygen atoms in total. The van der Waals surface area contributed by atoms with E-state index in [1.807, 2.05) is 36.5 Å². The molecule has 1 saturated heterocycles. The number of benzene rings is 1. The predicted molar refractivity (Wildman–Crippen MR) is 133 cm³/mol. The largest absolute Gasteiger partial charge is 0.504 e. The first-order valence-corrected chi connectivity index (χ1v) is 11.5. The first-order valence-electron chi connectivity index (χ1n) is 11.5. The summed E-state index contributed by atoms with van der Waals surface area (Å²) in [6.07, 6.45) is 11.0. The van der Waals surface area contributed by atoms with Crippen molar-refractivity contribution in [3.63, 3.8) is 0 Å². The van der Waals surface area contributed by atoms with Gasteiger partial charge in [0.15, 0.2) is 11.5 Å². The second-order valence-electron chi connectivity index (χ2n) is 8.69. The SMILES string of the molecule is C=C(/C=C/C=C/C=C/c1ccc(O)c(O)c1)N1CCCC(OCC(C)C(O)C(N=O)C(C)O)C1. The summed E-state index contributed by atoms with van der Waals surface area (Å²) in [5.41, 5.74) is 1.65. The topological polar surface area (TPSA) is 123 Å².